The molecule has 1 aromatic rings. The van der Waals surface area contributed by atoms with E-state index < -0.39 is 29.8 Å². The van der Waals surface area contributed by atoms with Crippen molar-refractivity contribution in [2.24, 2.45) is 5.11 Å². The Morgan fingerprint density at radius 3 is 2.64 bits per heavy atom. The second-order valence-corrected chi connectivity index (χ2v) is 5.30. The third-order valence-electron chi connectivity index (χ3n) is 2.43. The van der Waals surface area contributed by atoms with Crippen LogP contribution in [0.25, 0.3) is 10.4 Å². The maximum atomic E-state index is 11.8. The number of hydrogen-bond donors (Lipinski definition) is 1. The Morgan fingerprint density at radius 2 is 2.14 bits per heavy atom. The lowest BCUT2D eigenvalue weighted by Crippen LogP contribution is -2.28. The Morgan fingerprint density at radius 1 is 1.50 bits per heavy atom. The Bertz CT molecular complexity index is 599. The van der Waals surface area contributed by atoms with E-state index in [4.69, 9.17) is 10.3 Å². The summed E-state index contributed by atoms with van der Waals surface area (Å²) >= 11 is 0. The lowest BCUT2D eigenvalue weighted by atomic mass is 10.1. The minimum atomic E-state index is -1.55. The second-order valence-electron chi connectivity index (χ2n) is 5.30. The molecule has 0 aliphatic rings. The van der Waals surface area contributed by atoms with Gasteiger partial charge in [0.2, 0.25) is 0 Å². The lowest BCUT2D eigenvalue weighted by molar-refractivity contribution is -0.145. The Balaban J connectivity index is 2.96. The van der Waals surface area contributed by atoms with Crippen molar-refractivity contribution < 1.29 is 24.2 Å². The van der Waals surface area contributed by atoms with E-state index in [2.05, 4.69) is 19.7 Å². The van der Waals surface area contributed by atoms with Crippen LogP contribution in [0.2, 0.25) is 0 Å². The third-order valence-corrected chi connectivity index (χ3v) is 2.43. The molecule has 1 rings (SSSR count). The van der Waals surface area contributed by atoms with E-state index in [0.29, 0.717) is 0 Å². The maximum Gasteiger partial charge on any atom is 0.419 e. The Labute approximate surface area is 126 Å². The van der Waals surface area contributed by atoms with Crippen LogP contribution < -0.4 is 0 Å². The molecule has 1 N–H and O–H groups in total. The van der Waals surface area contributed by atoms with Gasteiger partial charge in [0.05, 0.1) is 12.8 Å². The zero-order chi connectivity index (χ0) is 16.9. The molecule has 0 bridgehead atoms. The predicted molar refractivity (Wildman–Crippen MR) is 73.8 cm³/mol. The number of hydrogen-bond acceptors (Lipinski definition) is 7. The molecule has 0 spiro atoms. The molecular weight excluding hydrogens is 294 g/mol. The van der Waals surface area contributed by atoms with Gasteiger partial charge in [-0.1, -0.05) is 5.11 Å². The first-order valence-electron chi connectivity index (χ1n) is 6.27. The average molecular weight is 311 g/mol. The molecule has 10 nitrogen and oxygen atoms in total. The van der Waals surface area contributed by atoms with E-state index in [1.54, 1.807) is 20.8 Å². The Hall–Kier alpha value is -2.58. The molecule has 10 heteroatoms. The largest absolute Gasteiger partial charge is 0.469 e. The first kappa shape index (κ1) is 17.5. The van der Waals surface area contributed by atoms with Crippen LogP contribution in [0, 0.1) is 0 Å². The highest BCUT2D eigenvalue weighted by atomic mass is 16.6. The molecule has 0 aliphatic carbocycles. The fourth-order valence-corrected chi connectivity index (χ4v) is 1.48. The molecule has 22 heavy (non-hydrogen) atoms. The summed E-state index contributed by atoms with van der Waals surface area (Å²) in [5, 5.41) is 13.2. The summed E-state index contributed by atoms with van der Waals surface area (Å²) in [7, 11) is 1.09. The van der Waals surface area contributed by atoms with Crippen molar-refractivity contribution in [2.75, 3.05) is 7.11 Å². The van der Waals surface area contributed by atoms with Crippen LogP contribution in [0.3, 0.4) is 0 Å². The normalized spacial score (nSPS) is 13.7. The van der Waals surface area contributed by atoms with Crippen molar-refractivity contribution in [3.63, 3.8) is 0 Å². The van der Waals surface area contributed by atoms with Gasteiger partial charge in [-0.3, -0.25) is 4.79 Å². The van der Waals surface area contributed by atoms with E-state index in [9.17, 15) is 14.7 Å². The number of carbonyl (C=O) groups excluding carboxylic acids is 2. The van der Waals surface area contributed by atoms with Crippen molar-refractivity contribution in [3.8, 4) is 0 Å². The number of carbonyl (C=O) groups is 2. The standard InChI is InChI=1S/C12H17N5O5/c1-12(2,3)22-11(20)17-5-7(14-6-17)9(18)8(15-16-13)10(19)21-4/h5-6,8-9,18H,1-4H3/t8-,9+/m0/s1. The SMILES string of the molecule is COC(=O)[C@@H](N=[N+]=[N-])[C@H](O)c1cn(C(=O)OC(C)(C)C)cn1. The number of azide groups is 1. The van der Waals surface area contributed by atoms with E-state index in [1.807, 2.05) is 0 Å². The van der Waals surface area contributed by atoms with Gasteiger partial charge in [-0.05, 0) is 26.3 Å². The summed E-state index contributed by atoms with van der Waals surface area (Å²) in [6, 6.07) is -1.50. The van der Waals surface area contributed by atoms with Gasteiger partial charge in [0.25, 0.3) is 0 Å². The summed E-state index contributed by atoms with van der Waals surface area (Å²) in [4.78, 5) is 29.6. The number of imidazole rings is 1. The number of methoxy groups -OCH3 is 1. The van der Waals surface area contributed by atoms with Gasteiger partial charge in [-0.25, -0.2) is 14.3 Å². The monoisotopic (exact) mass is 311 g/mol. The van der Waals surface area contributed by atoms with Crippen LogP contribution in [-0.4, -0.2) is 45.5 Å². The van der Waals surface area contributed by atoms with Gasteiger partial charge >= 0.3 is 12.1 Å². The van der Waals surface area contributed by atoms with Crippen LogP contribution in [-0.2, 0) is 14.3 Å². The highest BCUT2D eigenvalue weighted by molar-refractivity contribution is 5.77. The number of aromatic nitrogens is 2. The van der Waals surface area contributed by atoms with Crippen LogP contribution in [0.5, 0.6) is 0 Å². The number of ether oxygens (including phenoxy) is 2. The van der Waals surface area contributed by atoms with Crippen LogP contribution in [0.4, 0.5) is 4.79 Å². The molecule has 1 aromatic heterocycles. The van der Waals surface area contributed by atoms with Gasteiger partial charge < -0.3 is 14.6 Å². The van der Waals surface area contributed by atoms with E-state index in [1.165, 1.54) is 6.20 Å². The quantitative estimate of drug-likeness (QED) is 0.387. The van der Waals surface area contributed by atoms with Gasteiger partial charge in [0.1, 0.15) is 18.0 Å². The molecule has 0 radical (unpaired) electrons. The van der Waals surface area contributed by atoms with Gasteiger partial charge in [0.15, 0.2) is 6.04 Å². The number of esters is 1. The van der Waals surface area contributed by atoms with Gasteiger partial charge in [-0.2, -0.15) is 0 Å². The van der Waals surface area contributed by atoms with Gasteiger partial charge in [0, 0.05) is 11.1 Å². The number of rotatable bonds is 4. The van der Waals surface area contributed by atoms with E-state index >= 15 is 0 Å². The molecule has 2 atom stereocenters. The van der Waals surface area contributed by atoms with E-state index in [0.717, 1.165) is 18.0 Å². The summed E-state index contributed by atoms with van der Waals surface area (Å²) in [5.74, 6) is -0.919. The van der Waals surface area contributed by atoms with Crippen molar-refractivity contribution in [3.05, 3.63) is 28.7 Å². The molecule has 0 aliphatic heterocycles. The number of aliphatic hydroxyl groups is 1. The second kappa shape index (κ2) is 6.92. The highest BCUT2D eigenvalue weighted by Gasteiger charge is 2.30. The molecule has 0 saturated heterocycles. The van der Waals surface area contributed by atoms with Crippen LogP contribution in [0.15, 0.2) is 17.6 Å². The zero-order valence-electron chi connectivity index (χ0n) is 12.6. The minimum absolute atomic E-state index is 0.0336. The molecule has 0 unspecified atom stereocenters. The fraction of sp³-hybridized carbons (Fsp3) is 0.583. The topological polar surface area (TPSA) is 139 Å². The van der Waals surface area contributed by atoms with Crippen molar-refractivity contribution in [1.29, 1.82) is 0 Å². The third kappa shape index (κ3) is 4.47. The molecule has 0 saturated carbocycles. The molecule has 1 heterocycles. The summed E-state index contributed by atoms with van der Waals surface area (Å²) in [6.07, 6.45) is 0.0578. The van der Waals surface area contributed by atoms with Crippen molar-refractivity contribution >= 4 is 12.1 Å². The molecule has 0 amide bonds. The minimum Gasteiger partial charge on any atom is -0.469 e. The van der Waals surface area contributed by atoms with Crippen LogP contribution in [0.1, 0.15) is 32.6 Å². The first-order chi connectivity index (χ1) is 10.2. The summed E-state index contributed by atoms with van der Waals surface area (Å²) in [5.41, 5.74) is 7.71. The Kier molecular flexibility index (Phi) is 5.50. The first-order valence-corrected chi connectivity index (χ1v) is 6.27. The fourth-order valence-electron chi connectivity index (χ4n) is 1.48. The molecule has 120 valence electrons. The van der Waals surface area contributed by atoms with Gasteiger partial charge in [-0.15, -0.1) is 0 Å². The molecule has 0 fully saturated rings. The van der Waals surface area contributed by atoms with E-state index in [-0.39, 0.29) is 5.69 Å². The van der Waals surface area contributed by atoms with Crippen molar-refractivity contribution in [1.82, 2.24) is 9.55 Å². The lowest BCUT2D eigenvalue weighted by Gasteiger charge is -2.19. The van der Waals surface area contributed by atoms with Crippen LogP contribution >= 0.6 is 0 Å². The molecular formula is C12H17N5O5. The number of aliphatic hydroxyl groups excluding tert-OH is 1. The zero-order valence-corrected chi connectivity index (χ0v) is 12.6. The number of nitrogens with zero attached hydrogens (tertiary/aromatic N) is 5. The smallest absolute Gasteiger partial charge is 0.419 e. The summed E-state index contributed by atoms with van der Waals surface area (Å²) in [6.45, 7) is 5.10. The molecule has 0 aromatic carbocycles. The average Bonchev–Trinajstić information content (AvgIpc) is 2.91. The maximum absolute atomic E-state index is 11.8. The predicted octanol–water partition coefficient (Wildman–Crippen LogP) is 1.55. The highest BCUT2D eigenvalue weighted by Crippen LogP contribution is 2.19. The summed E-state index contributed by atoms with van der Waals surface area (Å²) < 4.78 is 10.6. The van der Waals surface area contributed by atoms with Crippen molar-refractivity contribution in [2.45, 2.75) is 38.5 Å².